The summed E-state index contributed by atoms with van der Waals surface area (Å²) in [6, 6.07) is 3.37. The molecule has 0 bridgehead atoms. The van der Waals surface area contributed by atoms with Crippen LogP contribution in [0.3, 0.4) is 0 Å². The summed E-state index contributed by atoms with van der Waals surface area (Å²) in [7, 11) is 0. The van der Waals surface area contributed by atoms with Gasteiger partial charge < -0.3 is 15.3 Å². The highest BCUT2D eigenvalue weighted by molar-refractivity contribution is 5.03. The van der Waals surface area contributed by atoms with Gasteiger partial charge in [-0.3, -0.25) is 0 Å². The lowest BCUT2D eigenvalue weighted by Gasteiger charge is -2.26. The predicted octanol–water partition coefficient (Wildman–Crippen LogP) is 0.920. The second kappa shape index (κ2) is 3.29. The third-order valence-corrected chi connectivity index (χ3v) is 2.09. The van der Waals surface area contributed by atoms with Crippen LogP contribution in [0, 0.1) is 0 Å². The van der Waals surface area contributed by atoms with E-state index in [0.717, 1.165) is 5.76 Å². The molecule has 0 fully saturated rings. The molecule has 2 atom stereocenters. The first-order valence-electron chi connectivity index (χ1n) is 4.03. The van der Waals surface area contributed by atoms with E-state index in [4.69, 9.17) is 10.2 Å². The van der Waals surface area contributed by atoms with Gasteiger partial charge in [0.2, 0.25) is 0 Å². The van der Waals surface area contributed by atoms with Crippen molar-refractivity contribution >= 4 is 0 Å². The van der Waals surface area contributed by atoms with Gasteiger partial charge in [0.15, 0.2) is 0 Å². The molecule has 0 amide bonds. The van der Waals surface area contributed by atoms with E-state index in [0.29, 0.717) is 6.42 Å². The first kappa shape index (κ1) is 9.29. The molecule has 0 saturated heterocycles. The van der Waals surface area contributed by atoms with E-state index in [-0.39, 0.29) is 6.04 Å². The lowest BCUT2D eigenvalue weighted by molar-refractivity contribution is 0.0340. The fourth-order valence-corrected chi connectivity index (χ4v) is 0.927. The standard InChI is InChI=1S/C9H15NO2/c1-7(10)9(2,11)6-8-4-3-5-12-8/h3-5,7,11H,6,10H2,1-2H3. The maximum absolute atomic E-state index is 9.78. The number of hydrogen-bond acceptors (Lipinski definition) is 3. The average molecular weight is 169 g/mol. The average Bonchev–Trinajstić information content (AvgIpc) is 2.38. The zero-order chi connectivity index (χ0) is 9.19. The Hall–Kier alpha value is -0.800. The Labute approximate surface area is 72.2 Å². The third-order valence-electron chi connectivity index (χ3n) is 2.09. The zero-order valence-electron chi connectivity index (χ0n) is 7.45. The highest BCUT2D eigenvalue weighted by atomic mass is 16.3. The van der Waals surface area contributed by atoms with E-state index < -0.39 is 5.60 Å². The van der Waals surface area contributed by atoms with Crippen molar-refractivity contribution in [2.24, 2.45) is 5.73 Å². The van der Waals surface area contributed by atoms with Crippen molar-refractivity contribution in [2.75, 3.05) is 0 Å². The van der Waals surface area contributed by atoms with Crippen molar-refractivity contribution in [1.29, 1.82) is 0 Å². The molecule has 0 spiro atoms. The van der Waals surface area contributed by atoms with Crippen molar-refractivity contribution < 1.29 is 9.52 Å². The summed E-state index contributed by atoms with van der Waals surface area (Å²) in [5.74, 6) is 0.761. The van der Waals surface area contributed by atoms with Gasteiger partial charge in [-0.1, -0.05) is 0 Å². The molecule has 2 unspecified atom stereocenters. The Balaban J connectivity index is 2.62. The molecule has 1 rings (SSSR count). The SMILES string of the molecule is CC(N)C(C)(O)Cc1ccco1. The second-order valence-corrected chi connectivity index (χ2v) is 3.40. The van der Waals surface area contributed by atoms with Gasteiger partial charge in [0.05, 0.1) is 11.9 Å². The van der Waals surface area contributed by atoms with Crippen molar-refractivity contribution in [2.45, 2.75) is 31.9 Å². The van der Waals surface area contributed by atoms with Crippen LogP contribution in [0.15, 0.2) is 22.8 Å². The Bertz CT molecular complexity index is 227. The monoisotopic (exact) mass is 169 g/mol. The zero-order valence-corrected chi connectivity index (χ0v) is 7.45. The Morgan fingerprint density at radius 2 is 2.42 bits per heavy atom. The van der Waals surface area contributed by atoms with Gasteiger partial charge in [-0.15, -0.1) is 0 Å². The van der Waals surface area contributed by atoms with E-state index in [1.165, 1.54) is 0 Å². The molecule has 3 heteroatoms. The van der Waals surface area contributed by atoms with E-state index in [1.807, 2.05) is 6.07 Å². The number of aliphatic hydroxyl groups is 1. The molecule has 0 aromatic carbocycles. The van der Waals surface area contributed by atoms with Crippen LogP contribution in [0.4, 0.5) is 0 Å². The van der Waals surface area contributed by atoms with Crippen molar-refractivity contribution in [3.63, 3.8) is 0 Å². The summed E-state index contributed by atoms with van der Waals surface area (Å²) >= 11 is 0. The molecule has 0 aliphatic carbocycles. The smallest absolute Gasteiger partial charge is 0.106 e. The van der Waals surface area contributed by atoms with Crippen molar-refractivity contribution in [1.82, 2.24) is 0 Å². The highest BCUT2D eigenvalue weighted by Crippen LogP contribution is 2.15. The molecule has 12 heavy (non-hydrogen) atoms. The predicted molar refractivity (Wildman–Crippen MR) is 46.7 cm³/mol. The van der Waals surface area contributed by atoms with Gasteiger partial charge in [0.1, 0.15) is 5.76 Å². The quantitative estimate of drug-likeness (QED) is 0.707. The van der Waals surface area contributed by atoms with E-state index >= 15 is 0 Å². The van der Waals surface area contributed by atoms with Crippen LogP contribution in [-0.4, -0.2) is 16.7 Å². The largest absolute Gasteiger partial charge is 0.469 e. The number of nitrogens with two attached hydrogens (primary N) is 1. The van der Waals surface area contributed by atoms with Crippen LogP contribution in [0.5, 0.6) is 0 Å². The van der Waals surface area contributed by atoms with Crippen molar-refractivity contribution in [3.05, 3.63) is 24.2 Å². The number of rotatable bonds is 3. The summed E-state index contributed by atoms with van der Waals surface area (Å²) in [5.41, 5.74) is 4.70. The van der Waals surface area contributed by atoms with Gasteiger partial charge in [-0.05, 0) is 26.0 Å². The summed E-state index contributed by atoms with van der Waals surface area (Å²) in [5, 5.41) is 9.78. The van der Waals surface area contributed by atoms with Crippen LogP contribution >= 0.6 is 0 Å². The summed E-state index contributed by atoms with van der Waals surface area (Å²) in [6.45, 7) is 3.49. The normalized spacial score (nSPS) is 18.7. The maximum Gasteiger partial charge on any atom is 0.106 e. The summed E-state index contributed by atoms with van der Waals surface area (Å²) in [4.78, 5) is 0. The molecular formula is C9H15NO2. The van der Waals surface area contributed by atoms with Gasteiger partial charge in [-0.25, -0.2) is 0 Å². The molecule has 1 aromatic heterocycles. The first-order chi connectivity index (χ1) is 5.52. The first-order valence-corrected chi connectivity index (χ1v) is 4.03. The topological polar surface area (TPSA) is 59.4 Å². The molecule has 3 nitrogen and oxygen atoms in total. The van der Waals surface area contributed by atoms with Crippen LogP contribution < -0.4 is 5.73 Å². The minimum atomic E-state index is -0.891. The fraction of sp³-hybridized carbons (Fsp3) is 0.556. The highest BCUT2D eigenvalue weighted by Gasteiger charge is 2.26. The maximum atomic E-state index is 9.78. The molecule has 0 aliphatic heterocycles. The Kier molecular flexibility index (Phi) is 2.55. The van der Waals surface area contributed by atoms with Crippen LogP contribution in [-0.2, 0) is 6.42 Å². The molecule has 1 heterocycles. The molecule has 3 N–H and O–H groups in total. The fourth-order valence-electron chi connectivity index (χ4n) is 0.927. The van der Waals surface area contributed by atoms with Crippen LogP contribution in [0.25, 0.3) is 0 Å². The van der Waals surface area contributed by atoms with Crippen LogP contribution in [0.2, 0.25) is 0 Å². The molecule has 0 saturated carbocycles. The summed E-state index contributed by atoms with van der Waals surface area (Å²) < 4.78 is 5.10. The van der Waals surface area contributed by atoms with Crippen LogP contribution in [0.1, 0.15) is 19.6 Å². The van der Waals surface area contributed by atoms with Gasteiger partial charge >= 0.3 is 0 Å². The minimum Gasteiger partial charge on any atom is -0.469 e. The molecular weight excluding hydrogens is 154 g/mol. The molecule has 68 valence electrons. The number of furan rings is 1. The van der Waals surface area contributed by atoms with E-state index in [9.17, 15) is 5.11 Å². The van der Waals surface area contributed by atoms with Gasteiger partial charge in [0.25, 0.3) is 0 Å². The van der Waals surface area contributed by atoms with E-state index in [1.54, 1.807) is 26.2 Å². The molecule has 0 aliphatic rings. The molecule has 1 aromatic rings. The number of hydrogen-bond donors (Lipinski definition) is 2. The van der Waals surface area contributed by atoms with Gasteiger partial charge in [-0.2, -0.15) is 0 Å². The Morgan fingerprint density at radius 3 is 2.83 bits per heavy atom. The summed E-state index contributed by atoms with van der Waals surface area (Å²) in [6.07, 6.45) is 2.05. The second-order valence-electron chi connectivity index (χ2n) is 3.40. The van der Waals surface area contributed by atoms with Gasteiger partial charge in [0, 0.05) is 12.5 Å². The minimum absolute atomic E-state index is 0.261. The Morgan fingerprint density at radius 1 is 1.75 bits per heavy atom. The lowest BCUT2D eigenvalue weighted by atomic mass is 9.93. The lowest BCUT2D eigenvalue weighted by Crippen LogP contribution is -2.45. The third kappa shape index (κ3) is 2.09. The van der Waals surface area contributed by atoms with E-state index in [2.05, 4.69) is 0 Å². The molecule has 0 radical (unpaired) electrons. The van der Waals surface area contributed by atoms with Crippen molar-refractivity contribution in [3.8, 4) is 0 Å².